The summed E-state index contributed by atoms with van der Waals surface area (Å²) >= 11 is 0. The maximum absolute atomic E-state index is 13.3. The van der Waals surface area contributed by atoms with Crippen molar-refractivity contribution in [3.63, 3.8) is 0 Å². The Kier molecular flexibility index (Phi) is 10.8. The second kappa shape index (κ2) is 16.1. The van der Waals surface area contributed by atoms with E-state index in [9.17, 15) is 33.6 Å². The van der Waals surface area contributed by atoms with Crippen molar-refractivity contribution in [1.29, 1.82) is 0 Å². The zero-order valence-corrected chi connectivity index (χ0v) is 31.6. The second-order valence-corrected chi connectivity index (χ2v) is 13.9. The Balaban J connectivity index is 0.926. The van der Waals surface area contributed by atoms with Crippen molar-refractivity contribution in [1.82, 2.24) is 45.8 Å². The van der Waals surface area contributed by atoms with E-state index in [-0.39, 0.29) is 48.5 Å². The molecule has 20 heteroatoms. The van der Waals surface area contributed by atoms with Crippen LogP contribution in [0.2, 0.25) is 0 Å². The molecule has 1 aliphatic carbocycles. The number of aromatic nitrogens is 5. The van der Waals surface area contributed by atoms with Gasteiger partial charge in [-0.05, 0) is 56.0 Å². The summed E-state index contributed by atoms with van der Waals surface area (Å²) in [6.45, 7) is 0.904. The highest BCUT2D eigenvalue weighted by Gasteiger charge is 2.52. The fraction of sp³-hybridized carbons (Fsp3) is 0.342. The van der Waals surface area contributed by atoms with Crippen molar-refractivity contribution >= 4 is 58.4 Å². The van der Waals surface area contributed by atoms with E-state index in [1.54, 1.807) is 41.1 Å². The minimum atomic E-state index is -1.06. The lowest BCUT2D eigenvalue weighted by Crippen LogP contribution is -2.54. The molecule has 300 valence electrons. The van der Waals surface area contributed by atoms with Crippen LogP contribution in [-0.2, 0) is 31.1 Å². The fourth-order valence-electron chi connectivity index (χ4n) is 7.00. The minimum Gasteiger partial charge on any atom is -0.494 e. The monoisotopic (exact) mass is 792 g/mol. The third-order valence-corrected chi connectivity index (χ3v) is 10.2. The number of hydrogen-bond donors (Lipinski definition) is 6. The molecule has 2 aliphatic heterocycles. The van der Waals surface area contributed by atoms with Crippen molar-refractivity contribution < 1.29 is 38.3 Å². The third-order valence-electron chi connectivity index (χ3n) is 10.2. The molecule has 1 unspecified atom stereocenters. The number of benzene rings is 2. The molecule has 1 saturated carbocycles. The number of rotatable bonds is 16. The number of piperidine rings is 1. The van der Waals surface area contributed by atoms with Crippen molar-refractivity contribution in [3.05, 3.63) is 71.3 Å². The van der Waals surface area contributed by atoms with Crippen LogP contribution < -0.4 is 37.1 Å². The Hall–Kier alpha value is -7.25. The lowest BCUT2D eigenvalue weighted by atomic mass is 10.0. The Labute approximate surface area is 330 Å². The van der Waals surface area contributed by atoms with Crippen LogP contribution in [0.4, 0.5) is 17.1 Å². The fourth-order valence-corrected chi connectivity index (χ4v) is 7.00. The second-order valence-electron chi connectivity index (χ2n) is 13.9. The summed E-state index contributed by atoms with van der Waals surface area (Å²) in [7, 11) is 2.95. The highest BCUT2D eigenvalue weighted by Crippen LogP contribution is 2.48. The first-order valence-electron chi connectivity index (χ1n) is 18.5. The van der Waals surface area contributed by atoms with E-state index >= 15 is 0 Å². The number of nitrogens with two attached hydrogens (primary N) is 1. The number of imide groups is 2. The number of para-hydroxylation sites is 1. The molecular weight excluding hydrogens is 752 g/mol. The third kappa shape index (κ3) is 7.50. The van der Waals surface area contributed by atoms with Crippen LogP contribution >= 0.6 is 0 Å². The van der Waals surface area contributed by atoms with Gasteiger partial charge in [-0.15, -0.1) is 5.10 Å². The van der Waals surface area contributed by atoms with Gasteiger partial charge in [0.15, 0.2) is 17.3 Å². The molecule has 0 bridgehead atoms. The number of primary amides is 1. The average Bonchev–Trinajstić information content (AvgIpc) is 3.84. The van der Waals surface area contributed by atoms with E-state index in [0.717, 1.165) is 4.90 Å². The van der Waals surface area contributed by atoms with E-state index in [2.05, 4.69) is 46.9 Å². The Morgan fingerprint density at radius 3 is 2.45 bits per heavy atom. The van der Waals surface area contributed by atoms with Crippen LogP contribution in [0.15, 0.2) is 48.8 Å². The van der Waals surface area contributed by atoms with Crippen molar-refractivity contribution in [3.8, 4) is 17.1 Å². The van der Waals surface area contributed by atoms with Gasteiger partial charge in [0.1, 0.15) is 12.4 Å². The summed E-state index contributed by atoms with van der Waals surface area (Å²) < 4.78 is 7.33. The number of carbonyl (C=O) groups excluding carboxylic acids is 7. The predicted molar refractivity (Wildman–Crippen MR) is 205 cm³/mol. The van der Waals surface area contributed by atoms with E-state index in [1.807, 2.05) is 0 Å². The van der Waals surface area contributed by atoms with E-state index in [4.69, 9.17) is 10.5 Å². The summed E-state index contributed by atoms with van der Waals surface area (Å²) in [6.07, 6.45) is 3.28. The highest BCUT2D eigenvalue weighted by molar-refractivity contribution is 6.25. The number of anilines is 3. The average molecular weight is 793 g/mol. The van der Waals surface area contributed by atoms with Crippen LogP contribution in [0.1, 0.15) is 75.4 Å². The van der Waals surface area contributed by atoms with Crippen LogP contribution in [0.25, 0.3) is 11.4 Å². The molecule has 2 fully saturated rings. The van der Waals surface area contributed by atoms with E-state index < -0.39 is 46.9 Å². The summed E-state index contributed by atoms with van der Waals surface area (Å²) in [4.78, 5) is 93.3. The predicted octanol–water partition coefficient (Wildman–Crippen LogP) is 0.774. The Morgan fingerprint density at radius 1 is 0.983 bits per heavy atom. The summed E-state index contributed by atoms with van der Waals surface area (Å²) in [6, 6.07) is 10.6. The number of nitrogens with one attached hydrogen (secondary N) is 5. The quantitative estimate of drug-likeness (QED) is 0.0676. The molecule has 1 saturated heterocycles. The van der Waals surface area contributed by atoms with Gasteiger partial charge >= 0.3 is 0 Å². The van der Waals surface area contributed by atoms with Gasteiger partial charge in [0.05, 0.1) is 52.8 Å². The van der Waals surface area contributed by atoms with Crippen LogP contribution in [0.3, 0.4) is 0 Å². The van der Waals surface area contributed by atoms with Crippen molar-refractivity contribution in [2.45, 2.75) is 56.5 Å². The molecule has 20 nitrogen and oxygen atoms in total. The van der Waals surface area contributed by atoms with Crippen LogP contribution in [0, 0.1) is 0 Å². The standard InChI is InChI=1S/C38H40N12O8/c1-40-34(54)30-24(18-26(46-47-30)38(13-14-38)37(39)57)44-23-9-4-7-21(31(23)58-2)32-43-19-49(48-32)17-16-42-27(51)10-5-15-41-22-8-3-6-20-29(22)36(56)50(35(20)55)25-11-12-28(52)45-33(25)53/h3-4,6-9,18-19,25,41H,5,10-17H2,1-2H3,(H2,39,57)(H,40,54)(H,42,51)(H,44,46)(H,45,52,53). The number of amides is 7. The molecule has 7 rings (SSSR count). The molecule has 0 radical (unpaired) electrons. The zero-order valence-electron chi connectivity index (χ0n) is 31.6. The molecule has 0 spiro atoms. The van der Waals surface area contributed by atoms with Gasteiger partial charge in [-0.2, -0.15) is 10.2 Å². The number of fused-ring (bicyclic) bond motifs is 1. The summed E-state index contributed by atoms with van der Waals surface area (Å²) in [5.74, 6) is -2.82. The Bertz CT molecular complexity index is 2360. The lowest BCUT2D eigenvalue weighted by Gasteiger charge is -2.27. The first kappa shape index (κ1) is 39.0. The number of carbonyl (C=O) groups is 7. The molecule has 3 aliphatic rings. The summed E-state index contributed by atoms with van der Waals surface area (Å²) in [5.41, 5.74) is 7.14. The zero-order chi connectivity index (χ0) is 41.1. The van der Waals surface area contributed by atoms with Gasteiger partial charge in [-0.25, -0.2) is 4.98 Å². The molecule has 2 aromatic carbocycles. The van der Waals surface area contributed by atoms with Crippen molar-refractivity contribution in [2.75, 3.05) is 37.9 Å². The maximum Gasteiger partial charge on any atom is 0.273 e. The lowest BCUT2D eigenvalue weighted by molar-refractivity contribution is -0.136. The largest absolute Gasteiger partial charge is 0.494 e. The number of nitrogens with zero attached hydrogens (tertiary/aromatic N) is 6. The normalized spacial score (nSPS) is 16.7. The van der Waals surface area contributed by atoms with E-state index in [1.165, 1.54) is 26.6 Å². The SMILES string of the molecule is CNC(=O)c1nnc(C2(C(N)=O)CC2)cc1Nc1cccc(-c2ncn(CCNC(=O)CCCNc3cccc4c3C(=O)N(C3CCC(=O)NC3=O)C4=O)n2)c1OC. The van der Waals surface area contributed by atoms with Gasteiger partial charge in [0, 0.05) is 38.7 Å². The number of ether oxygens (including phenoxy) is 1. The molecule has 58 heavy (non-hydrogen) atoms. The van der Waals surface area contributed by atoms with Gasteiger partial charge < -0.3 is 31.7 Å². The molecule has 2 aromatic heterocycles. The summed E-state index contributed by atoms with van der Waals surface area (Å²) in [5, 5.41) is 26.7. The molecule has 4 aromatic rings. The Morgan fingerprint density at radius 2 is 1.74 bits per heavy atom. The van der Waals surface area contributed by atoms with Crippen molar-refractivity contribution in [2.24, 2.45) is 5.73 Å². The first-order valence-corrected chi connectivity index (χ1v) is 18.5. The van der Waals surface area contributed by atoms with Gasteiger partial charge in [0.2, 0.25) is 23.6 Å². The van der Waals surface area contributed by atoms with Gasteiger partial charge in [-0.3, -0.25) is 48.5 Å². The smallest absolute Gasteiger partial charge is 0.273 e. The molecule has 4 heterocycles. The van der Waals surface area contributed by atoms with Crippen LogP contribution in [-0.4, -0.2) is 105 Å². The van der Waals surface area contributed by atoms with Crippen LogP contribution in [0.5, 0.6) is 5.75 Å². The number of hydrogen-bond acceptors (Lipinski definition) is 14. The molecule has 7 amide bonds. The van der Waals surface area contributed by atoms with Gasteiger partial charge in [-0.1, -0.05) is 12.1 Å². The van der Waals surface area contributed by atoms with Gasteiger partial charge in [0.25, 0.3) is 17.7 Å². The molecule has 7 N–H and O–H groups in total. The topological polar surface area (TPSA) is 275 Å². The molecule has 1 atom stereocenters. The number of methoxy groups -OCH3 is 1. The molecular formula is C38H40N12O8. The maximum atomic E-state index is 13.3. The first-order chi connectivity index (χ1) is 27.9. The van der Waals surface area contributed by atoms with E-state index in [0.29, 0.717) is 72.2 Å². The minimum absolute atomic E-state index is 0.00770. The highest BCUT2D eigenvalue weighted by atomic mass is 16.5.